The standard InChI is InChI=1S/C21H16FN3O3S/c22-16-8-10-17(11-9-16)25-21(26)19-7-2-1-6-18(19)20(24-25)15-5-3-4-14(12-15)13-29(23,27)28/h1-12H,13H2,(H2,23,27,28). The molecule has 2 N–H and O–H groups in total. The highest BCUT2D eigenvalue weighted by atomic mass is 32.2. The predicted octanol–water partition coefficient (Wildman–Crippen LogP) is 2.98. The van der Waals surface area contributed by atoms with Crippen LogP contribution in [-0.4, -0.2) is 18.2 Å². The normalized spacial score (nSPS) is 11.7. The summed E-state index contributed by atoms with van der Waals surface area (Å²) in [4.78, 5) is 13.0. The van der Waals surface area contributed by atoms with Crippen LogP contribution >= 0.6 is 0 Å². The Bertz CT molecular complexity index is 1380. The Hall–Kier alpha value is -3.36. The van der Waals surface area contributed by atoms with Crippen LogP contribution in [-0.2, 0) is 15.8 Å². The molecule has 4 rings (SSSR count). The summed E-state index contributed by atoms with van der Waals surface area (Å²) in [5.74, 6) is -0.727. The molecule has 6 nitrogen and oxygen atoms in total. The summed E-state index contributed by atoms with van der Waals surface area (Å²) in [6.45, 7) is 0. The zero-order valence-corrected chi connectivity index (χ0v) is 15.9. The monoisotopic (exact) mass is 409 g/mol. The molecule has 0 radical (unpaired) electrons. The van der Waals surface area contributed by atoms with Gasteiger partial charge in [0, 0.05) is 10.9 Å². The highest BCUT2D eigenvalue weighted by Crippen LogP contribution is 2.26. The summed E-state index contributed by atoms with van der Waals surface area (Å²) >= 11 is 0. The third-order valence-electron chi connectivity index (χ3n) is 4.44. The van der Waals surface area contributed by atoms with Crippen molar-refractivity contribution in [3.8, 4) is 16.9 Å². The molecule has 0 aliphatic carbocycles. The fraction of sp³-hybridized carbons (Fsp3) is 0.0476. The van der Waals surface area contributed by atoms with E-state index in [1.807, 2.05) is 0 Å². The minimum absolute atomic E-state index is 0.309. The number of primary sulfonamides is 1. The molecule has 0 spiro atoms. The fourth-order valence-corrected chi connectivity index (χ4v) is 3.84. The van der Waals surface area contributed by atoms with Crippen molar-refractivity contribution in [3.05, 3.63) is 94.5 Å². The van der Waals surface area contributed by atoms with Gasteiger partial charge in [0.2, 0.25) is 10.0 Å². The summed E-state index contributed by atoms with van der Waals surface area (Å²) in [7, 11) is -3.69. The van der Waals surface area contributed by atoms with Crippen LogP contribution in [0.5, 0.6) is 0 Å². The van der Waals surface area contributed by atoms with Crippen molar-refractivity contribution in [1.82, 2.24) is 9.78 Å². The van der Waals surface area contributed by atoms with Crippen molar-refractivity contribution >= 4 is 20.8 Å². The maximum absolute atomic E-state index is 13.3. The van der Waals surface area contributed by atoms with E-state index in [2.05, 4.69) is 5.10 Å². The molecule has 3 aromatic carbocycles. The molecule has 0 unspecified atom stereocenters. The number of nitrogens with two attached hydrogens (primary N) is 1. The Labute approximate surface area is 166 Å². The second-order valence-corrected chi connectivity index (χ2v) is 8.21. The van der Waals surface area contributed by atoms with Gasteiger partial charge < -0.3 is 0 Å². The summed E-state index contributed by atoms with van der Waals surface area (Å²) in [6.07, 6.45) is 0. The van der Waals surface area contributed by atoms with Crippen LogP contribution in [0.25, 0.3) is 27.7 Å². The van der Waals surface area contributed by atoms with E-state index >= 15 is 0 Å². The van der Waals surface area contributed by atoms with E-state index in [0.717, 1.165) is 0 Å². The lowest BCUT2D eigenvalue weighted by molar-refractivity contribution is 0.597. The first kappa shape index (κ1) is 19.0. The van der Waals surface area contributed by atoms with Crippen LogP contribution in [0, 0.1) is 5.82 Å². The van der Waals surface area contributed by atoms with Gasteiger partial charge in [-0.1, -0.05) is 36.4 Å². The molecular formula is C21H16FN3O3S. The number of sulfonamides is 1. The molecule has 0 saturated carbocycles. The topological polar surface area (TPSA) is 95.1 Å². The zero-order valence-electron chi connectivity index (χ0n) is 15.1. The Kier molecular flexibility index (Phi) is 4.73. The lowest BCUT2D eigenvalue weighted by atomic mass is 10.0. The Morgan fingerprint density at radius 2 is 1.62 bits per heavy atom. The number of rotatable bonds is 4. The second kappa shape index (κ2) is 7.23. The molecular weight excluding hydrogens is 393 g/mol. The van der Waals surface area contributed by atoms with Gasteiger partial charge in [0.25, 0.3) is 5.56 Å². The van der Waals surface area contributed by atoms with Crippen molar-refractivity contribution in [3.63, 3.8) is 0 Å². The molecule has 0 fully saturated rings. The van der Waals surface area contributed by atoms with E-state index in [9.17, 15) is 17.6 Å². The largest absolute Gasteiger partial charge is 0.279 e. The van der Waals surface area contributed by atoms with Crippen LogP contribution in [0.1, 0.15) is 5.56 Å². The van der Waals surface area contributed by atoms with Crippen molar-refractivity contribution in [2.75, 3.05) is 0 Å². The van der Waals surface area contributed by atoms with Crippen molar-refractivity contribution in [2.24, 2.45) is 5.14 Å². The first-order valence-corrected chi connectivity index (χ1v) is 10.4. The van der Waals surface area contributed by atoms with E-state index in [1.165, 1.54) is 28.9 Å². The van der Waals surface area contributed by atoms with Gasteiger partial charge >= 0.3 is 0 Å². The fourth-order valence-electron chi connectivity index (χ4n) is 3.20. The SMILES string of the molecule is NS(=O)(=O)Cc1cccc(-c2nn(-c3ccc(F)cc3)c(=O)c3ccccc23)c1. The molecule has 0 atom stereocenters. The van der Waals surface area contributed by atoms with E-state index in [0.29, 0.717) is 33.3 Å². The predicted molar refractivity (Wildman–Crippen MR) is 110 cm³/mol. The van der Waals surface area contributed by atoms with Crippen LogP contribution in [0.4, 0.5) is 4.39 Å². The minimum Gasteiger partial charge on any atom is -0.267 e. The summed E-state index contributed by atoms with van der Waals surface area (Å²) < 4.78 is 37.4. The maximum Gasteiger partial charge on any atom is 0.279 e. The second-order valence-electron chi connectivity index (χ2n) is 6.60. The highest BCUT2D eigenvalue weighted by molar-refractivity contribution is 7.88. The summed E-state index contributed by atoms with van der Waals surface area (Å²) in [6, 6.07) is 19.3. The van der Waals surface area contributed by atoms with E-state index < -0.39 is 15.8 Å². The smallest absolute Gasteiger partial charge is 0.267 e. The lowest BCUT2D eigenvalue weighted by Crippen LogP contribution is -2.22. The van der Waals surface area contributed by atoms with Gasteiger partial charge in [0.05, 0.1) is 22.5 Å². The average Bonchev–Trinajstić information content (AvgIpc) is 2.68. The quantitative estimate of drug-likeness (QED) is 0.561. The molecule has 146 valence electrons. The van der Waals surface area contributed by atoms with E-state index in [1.54, 1.807) is 48.5 Å². The number of nitrogens with zero attached hydrogens (tertiary/aromatic N) is 2. The van der Waals surface area contributed by atoms with Crippen molar-refractivity contribution in [1.29, 1.82) is 0 Å². The van der Waals surface area contributed by atoms with Gasteiger partial charge in [-0.3, -0.25) is 4.79 Å². The molecule has 0 aliphatic rings. The molecule has 0 amide bonds. The minimum atomic E-state index is -3.69. The molecule has 8 heteroatoms. The van der Waals surface area contributed by atoms with Gasteiger partial charge in [-0.15, -0.1) is 0 Å². The van der Waals surface area contributed by atoms with E-state index in [-0.39, 0.29) is 11.3 Å². The molecule has 0 aliphatic heterocycles. The molecule has 1 aromatic heterocycles. The first-order chi connectivity index (χ1) is 13.8. The number of hydrogen-bond acceptors (Lipinski definition) is 4. The molecule has 1 heterocycles. The molecule has 0 bridgehead atoms. The third-order valence-corrected chi connectivity index (χ3v) is 5.18. The van der Waals surface area contributed by atoms with Crippen LogP contribution in [0.15, 0.2) is 77.6 Å². The number of benzene rings is 3. The van der Waals surface area contributed by atoms with Crippen molar-refractivity contribution < 1.29 is 12.8 Å². The Balaban J connectivity index is 1.97. The van der Waals surface area contributed by atoms with Gasteiger partial charge in [0.15, 0.2) is 0 Å². The van der Waals surface area contributed by atoms with Gasteiger partial charge in [-0.2, -0.15) is 9.78 Å². The molecule has 29 heavy (non-hydrogen) atoms. The number of fused-ring (bicyclic) bond motifs is 1. The zero-order chi connectivity index (χ0) is 20.6. The van der Waals surface area contributed by atoms with Gasteiger partial charge in [-0.05, 0) is 42.0 Å². The molecule has 4 aromatic rings. The number of aromatic nitrogens is 2. The summed E-state index contributed by atoms with van der Waals surface area (Å²) in [5.41, 5.74) is 1.73. The van der Waals surface area contributed by atoms with Crippen LogP contribution < -0.4 is 10.7 Å². The third kappa shape index (κ3) is 3.94. The number of halogens is 1. The van der Waals surface area contributed by atoms with Crippen molar-refractivity contribution in [2.45, 2.75) is 5.75 Å². The maximum atomic E-state index is 13.3. The van der Waals surface area contributed by atoms with Gasteiger partial charge in [0.1, 0.15) is 5.82 Å². The highest BCUT2D eigenvalue weighted by Gasteiger charge is 2.14. The van der Waals surface area contributed by atoms with Gasteiger partial charge in [-0.25, -0.2) is 17.9 Å². The number of hydrogen-bond donors (Lipinski definition) is 1. The first-order valence-electron chi connectivity index (χ1n) is 8.70. The van der Waals surface area contributed by atoms with E-state index in [4.69, 9.17) is 5.14 Å². The summed E-state index contributed by atoms with van der Waals surface area (Å²) in [5, 5.41) is 10.7. The van der Waals surface area contributed by atoms with Crippen LogP contribution in [0.2, 0.25) is 0 Å². The Morgan fingerprint density at radius 3 is 2.31 bits per heavy atom. The Morgan fingerprint density at radius 1 is 0.931 bits per heavy atom. The van der Waals surface area contributed by atoms with Crippen LogP contribution in [0.3, 0.4) is 0 Å². The average molecular weight is 409 g/mol. The molecule has 0 saturated heterocycles. The lowest BCUT2D eigenvalue weighted by Gasteiger charge is -2.12.